The van der Waals surface area contributed by atoms with Crippen molar-refractivity contribution in [3.05, 3.63) is 83.2 Å². The summed E-state index contributed by atoms with van der Waals surface area (Å²) in [6.07, 6.45) is -1.04. The molecule has 0 aromatic heterocycles. The maximum absolute atomic E-state index is 13.4. The normalized spacial score (nSPS) is 19.7. The van der Waals surface area contributed by atoms with Gasteiger partial charge in [-0.1, -0.05) is 60.7 Å². The first-order valence-electron chi connectivity index (χ1n) is 10.7. The summed E-state index contributed by atoms with van der Waals surface area (Å²) in [4.78, 5) is 38.5. The second kappa shape index (κ2) is 10.1. The van der Waals surface area contributed by atoms with Gasteiger partial charge in [0.25, 0.3) is 5.91 Å². The summed E-state index contributed by atoms with van der Waals surface area (Å²) < 4.78 is 72.6. The van der Waals surface area contributed by atoms with E-state index >= 15 is 0 Å². The molecule has 0 radical (unpaired) electrons. The third kappa shape index (κ3) is 5.30. The van der Waals surface area contributed by atoms with Crippen molar-refractivity contribution in [3.63, 3.8) is 0 Å². The van der Waals surface area contributed by atoms with Gasteiger partial charge in [0, 0.05) is 6.92 Å². The molecule has 2 amide bonds. The number of alkyl halides is 3. The van der Waals surface area contributed by atoms with E-state index in [4.69, 9.17) is 4.74 Å². The Morgan fingerprint density at radius 3 is 2.08 bits per heavy atom. The molecular weight excluding hydrogens is 537 g/mol. The van der Waals surface area contributed by atoms with E-state index in [0.717, 1.165) is 16.7 Å². The van der Waals surface area contributed by atoms with E-state index in [1.807, 2.05) is 0 Å². The van der Waals surface area contributed by atoms with E-state index < -0.39 is 68.1 Å². The number of nitrogens with one attached hydrogen (secondary N) is 1. The number of carbonyl (C=O) groups is 3. The molecule has 2 aliphatic rings. The third-order valence-corrected chi connectivity index (χ3v) is 7.65. The highest BCUT2D eigenvalue weighted by Gasteiger charge is 2.57. The molecule has 2 atom stereocenters. The molecule has 4 rings (SSSR count). The lowest BCUT2D eigenvalue weighted by Gasteiger charge is -2.49. The Labute approximate surface area is 213 Å². The number of β-lactam (4-membered cyclic amide) rings is 1. The predicted octanol–water partition coefficient (Wildman–Crippen LogP) is 2.82. The lowest BCUT2D eigenvalue weighted by Crippen LogP contribution is -2.70. The van der Waals surface area contributed by atoms with Crippen LogP contribution in [0.25, 0.3) is 0 Å². The first-order valence-corrected chi connectivity index (χ1v) is 13.1. The highest BCUT2D eigenvalue weighted by Crippen LogP contribution is 2.43. The van der Waals surface area contributed by atoms with Crippen LogP contribution in [0.5, 0.6) is 0 Å². The summed E-state index contributed by atoms with van der Waals surface area (Å²) >= 11 is 0.827. The molecule has 37 heavy (non-hydrogen) atoms. The van der Waals surface area contributed by atoms with Crippen molar-refractivity contribution in [2.45, 2.75) is 30.0 Å². The third-order valence-electron chi connectivity index (χ3n) is 5.41. The molecular formula is C23H19F3N2O7S2. The SMILES string of the molecule is CC(=O)NC1C(=O)N2C(C(=O)OC(c3ccccc3)c3ccccc3)=C(OS(=O)(=O)C(F)(F)F)CS[C@H]12. The van der Waals surface area contributed by atoms with Crippen LogP contribution in [0.2, 0.25) is 0 Å². The number of carbonyl (C=O) groups excluding carboxylic acids is 3. The largest absolute Gasteiger partial charge is 0.534 e. The van der Waals surface area contributed by atoms with Crippen LogP contribution in [0.15, 0.2) is 72.1 Å². The summed E-state index contributed by atoms with van der Waals surface area (Å²) in [7, 11) is -6.15. The fourth-order valence-corrected chi connectivity index (χ4v) is 5.62. The van der Waals surface area contributed by atoms with E-state index in [-0.39, 0.29) is 0 Å². The number of benzene rings is 2. The van der Waals surface area contributed by atoms with Crippen LogP contribution < -0.4 is 5.32 Å². The average molecular weight is 557 g/mol. The van der Waals surface area contributed by atoms with Crippen molar-refractivity contribution < 1.29 is 44.9 Å². The predicted molar refractivity (Wildman–Crippen MR) is 125 cm³/mol. The number of nitrogens with zero attached hydrogens (tertiary/aromatic N) is 1. The Morgan fingerprint density at radius 1 is 1.05 bits per heavy atom. The number of ether oxygens (including phenoxy) is 1. The van der Waals surface area contributed by atoms with Crippen LogP contribution in [0.1, 0.15) is 24.2 Å². The van der Waals surface area contributed by atoms with Crippen molar-refractivity contribution in [3.8, 4) is 0 Å². The van der Waals surface area contributed by atoms with Gasteiger partial charge < -0.3 is 14.2 Å². The lowest BCUT2D eigenvalue weighted by atomic mass is 10.0. The molecule has 1 N–H and O–H groups in total. The van der Waals surface area contributed by atoms with E-state index in [2.05, 4.69) is 9.50 Å². The molecule has 9 nitrogen and oxygen atoms in total. The Morgan fingerprint density at radius 2 is 1.59 bits per heavy atom. The van der Waals surface area contributed by atoms with E-state index in [9.17, 15) is 36.0 Å². The zero-order valence-electron chi connectivity index (χ0n) is 19.0. The standard InChI is InChI=1S/C23H19F3N2O7S2/c1-13(29)27-17-20(30)28-18(16(12-36-21(17)28)35-37(32,33)23(24,25)26)22(31)34-19(14-8-4-2-5-9-14)15-10-6-3-7-11-15/h2-11,17,19,21H,12H2,1H3,(H,27,29)/t17?,21-/m1/s1. The van der Waals surface area contributed by atoms with E-state index in [1.165, 1.54) is 6.92 Å². The molecule has 2 aromatic rings. The second-order valence-corrected chi connectivity index (χ2v) is 10.6. The highest BCUT2D eigenvalue weighted by atomic mass is 32.2. The van der Waals surface area contributed by atoms with Crippen molar-refractivity contribution in [2.24, 2.45) is 0 Å². The fourth-order valence-electron chi connectivity index (χ4n) is 3.79. The number of rotatable bonds is 7. The maximum atomic E-state index is 13.4. The quantitative estimate of drug-likeness (QED) is 0.239. The number of hydrogen-bond donors (Lipinski definition) is 1. The van der Waals surface area contributed by atoms with Gasteiger partial charge in [-0.3, -0.25) is 14.5 Å². The summed E-state index contributed by atoms with van der Waals surface area (Å²) in [5.74, 6) is -4.06. The summed E-state index contributed by atoms with van der Waals surface area (Å²) in [6, 6.07) is 15.8. The van der Waals surface area contributed by atoms with Crippen LogP contribution in [-0.2, 0) is 33.4 Å². The molecule has 0 bridgehead atoms. The molecule has 196 valence electrons. The molecule has 0 spiro atoms. The minimum Gasteiger partial charge on any atom is -0.448 e. The van der Waals surface area contributed by atoms with Crippen molar-refractivity contribution in [1.29, 1.82) is 0 Å². The van der Waals surface area contributed by atoms with Crippen molar-refractivity contribution in [2.75, 3.05) is 5.75 Å². The maximum Gasteiger partial charge on any atom is 0.534 e. The minimum absolute atomic E-state index is 0.508. The molecule has 2 aliphatic heterocycles. The Bertz CT molecular complexity index is 1310. The Hall–Kier alpha value is -3.52. The van der Waals surface area contributed by atoms with Gasteiger partial charge in [0.05, 0.1) is 5.75 Å². The van der Waals surface area contributed by atoms with Crippen LogP contribution in [0, 0.1) is 0 Å². The summed E-state index contributed by atoms with van der Waals surface area (Å²) in [6.45, 7) is 1.17. The number of amides is 2. The average Bonchev–Trinajstić information content (AvgIpc) is 2.85. The van der Waals surface area contributed by atoms with Gasteiger partial charge in [0.15, 0.2) is 17.6 Å². The van der Waals surface area contributed by atoms with Crippen LogP contribution in [0.3, 0.4) is 0 Å². The first-order chi connectivity index (χ1) is 17.4. The van der Waals surface area contributed by atoms with Gasteiger partial charge in [-0.25, -0.2) is 4.79 Å². The van der Waals surface area contributed by atoms with Gasteiger partial charge >= 0.3 is 21.6 Å². The Kier molecular flexibility index (Phi) is 7.24. The molecule has 0 aliphatic carbocycles. The Balaban J connectivity index is 1.75. The monoisotopic (exact) mass is 556 g/mol. The van der Waals surface area contributed by atoms with Gasteiger partial charge in [0.1, 0.15) is 11.4 Å². The molecule has 1 unspecified atom stereocenters. The molecule has 2 heterocycles. The molecule has 2 aromatic carbocycles. The van der Waals surface area contributed by atoms with E-state index in [0.29, 0.717) is 11.1 Å². The molecule has 14 heteroatoms. The topological polar surface area (TPSA) is 119 Å². The van der Waals surface area contributed by atoms with Gasteiger partial charge in [-0.2, -0.15) is 21.6 Å². The number of fused-ring (bicyclic) bond motifs is 1. The van der Waals surface area contributed by atoms with Crippen LogP contribution in [0.4, 0.5) is 13.2 Å². The number of hydrogen-bond acceptors (Lipinski definition) is 8. The van der Waals surface area contributed by atoms with Gasteiger partial charge in [0.2, 0.25) is 5.91 Å². The molecule has 1 saturated heterocycles. The number of thioether (sulfide) groups is 1. The van der Waals surface area contributed by atoms with Gasteiger partial charge in [-0.05, 0) is 11.1 Å². The number of esters is 1. The lowest BCUT2D eigenvalue weighted by molar-refractivity contribution is -0.155. The fraction of sp³-hybridized carbons (Fsp3) is 0.261. The number of halogens is 3. The highest BCUT2D eigenvalue weighted by molar-refractivity contribution is 8.00. The zero-order chi connectivity index (χ0) is 27.0. The van der Waals surface area contributed by atoms with E-state index in [1.54, 1.807) is 60.7 Å². The first kappa shape index (κ1) is 26.5. The smallest absolute Gasteiger partial charge is 0.448 e. The van der Waals surface area contributed by atoms with Gasteiger partial charge in [-0.15, -0.1) is 11.8 Å². The van der Waals surface area contributed by atoms with Crippen molar-refractivity contribution in [1.82, 2.24) is 10.2 Å². The minimum atomic E-state index is -6.15. The zero-order valence-corrected chi connectivity index (χ0v) is 20.6. The summed E-state index contributed by atoms with van der Waals surface area (Å²) in [5, 5.41) is 1.52. The molecule has 0 saturated carbocycles. The van der Waals surface area contributed by atoms with Crippen LogP contribution in [-0.4, -0.2) is 53.8 Å². The van der Waals surface area contributed by atoms with Crippen molar-refractivity contribution >= 4 is 39.7 Å². The molecule has 1 fully saturated rings. The summed E-state index contributed by atoms with van der Waals surface area (Å²) in [5.41, 5.74) is -5.52. The second-order valence-electron chi connectivity index (χ2n) is 7.95. The van der Waals surface area contributed by atoms with Crippen LogP contribution >= 0.6 is 11.8 Å².